The second kappa shape index (κ2) is 6.41. The van der Waals surface area contributed by atoms with Crippen LogP contribution < -0.4 is 0 Å². The van der Waals surface area contributed by atoms with E-state index in [1.807, 2.05) is 24.3 Å². The van der Waals surface area contributed by atoms with Gasteiger partial charge in [0.05, 0.1) is 0 Å². The number of rotatable bonds is 3. The number of carbonyl (C=O) groups excluding carboxylic acids is 1. The van der Waals surface area contributed by atoms with E-state index < -0.39 is 0 Å². The molecule has 7 heteroatoms. The van der Waals surface area contributed by atoms with Crippen LogP contribution in [0.3, 0.4) is 0 Å². The zero-order valence-electron chi connectivity index (χ0n) is 13.8. The molecule has 1 aromatic heterocycles. The van der Waals surface area contributed by atoms with Crippen molar-refractivity contribution >= 4 is 5.91 Å². The van der Waals surface area contributed by atoms with Crippen LogP contribution in [-0.4, -0.2) is 25.6 Å². The highest BCUT2D eigenvalue weighted by Crippen LogP contribution is 2.28. The molecule has 0 N–H and O–H groups in total. The van der Waals surface area contributed by atoms with Crippen molar-refractivity contribution in [3.05, 3.63) is 71.6 Å². The highest BCUT2D eigenvalue weighted by Gasteiger charge is 2.24. The Labute approximate surface area is 149 Å². The first-order chi connectivity index (χ1) is 12.6. The lowest BCUT2D eigenvalue weighted by Crippen LogP contribution is -2.29. The summed E-state index contributed by atoms with van der Waals surface area (Å²) in [6.07, 6.45) is 1.38. The Morgan fingerprint density at radius 2 is 1.85 bits per heavy atom. The van der Waals surface area contributed by atoms with Crippen molar-refractivity contribution in [2.45, 2.75) is 19.6 Å². The van der Waals surface area contributed by atoms with E-state index in [-0.39, 0.29) is 24.1 Å². The molecule has 0 aliphatic carbocycles. The number of aromatic nitrogens is 3. The third-order valence-corrected chi connectivity index (χ3v) is 4.39. The van der Waals surface area contributed by atoms with Gasteiger partial charge in [0.2, 0.25) is 5.91 Å². The molecule has 26 heavy (non-hydrogen) atoms. The molecular formula is C19H14FN5O. The number of benzene rings is 2. The zero-order valence-corrected chi connectivity index (χ0v) is 13.8. The van der Waals surface area contributed by atoms with Crippen molar-refractivity contribution in [2.75, 3.05) is 0 Å². The quantitative estimate of drug-likeness (QED) is 0.729. The summed E-state index contributed by atoms with van der Waals surface area (Å²) in [4.78, 5) is 18.0. The molecule has 128 valence electrons. The number of hydrogen-bond donors (Lipinski definition) is 0. The van der Waals surface area contributed by atoms with Gasteiger partial charge in [-0.1, -0.05) is 24.3 Å². The number of fused-ring (bicyclic) bond motifs is 1. The number of amides is 1. The van der Waals surface area contributed by atoms with Crippen LogP contribution in [0.1, 0.15) is 17.0 Å². The predicted molar refractivity (Wildman–Crippen MR) is 90.8 cm³/mol. The molecule has 0 bridgehead atoms. The summed E-state index contributed by atoms with van der Waals surface area (Å²) < 4.78 is 14.5. The van der Waals surface area contributed by atoms with Gasteiger partial charge >= 0.3 is 0 Å². The van der Waals surface area contributed by atoms with Gasteiger partial charge in [-0.15, -0.1) is 5.10 Å². The average Bonchev–Trinajstić information content (AvgIpc) is 3.28. The molecule has 0 saturated heterocycles. The van der Waals surface area contributed by atoms with Crippen molar-refractivity contribution in [3.8, 4) is 17.2 Å². The molecule has 6 nitrogen and oxygen atoms in total. The molecule has 0 saturated carbocycles. The van der Waals surface area contributed by atoms with E-state index in [2.05, 4.69) is 10.1 Å². The molecule has 0 atom stereocenters. The first-order valence-corrected chi connectivity index (χ1v) is 8.07. The van der Waals surface area contributed by atoms with E-state index in [0.29, 0.717) is 13.1 Å². The van der Waals surface area contributed by atoms with E-state index in [0.717, 1.165) is 22.3 Å². The number of carbonyl (C=O) groups is 1. The lowest BCUT2D eigenvalue weighted by atomic mass is 10.0. The second-order valence-corrected chi connectivity index (χ2v) is 6.12. The van der Waals surface area contributed by atoms with E-state index in [4.69, 9.17) is 5.26 Å². The van der Waals surface area contributed by atoms with Gasteiger partial charge in [0.25, 0.3) is 5.82 Å². The maximum absolute atomic E-state index is 13.1. The molecular weight excluding hydrogens is 333 g/mol. The van der Waals surface area contributed by atoms with Crippen molar-refractivity contribution < 1.29 is 9.18 Å². The van der Waals surface area contributed by atoms with Gasteiger partial charge in [0.1, 0.15) is 24.8 Å². The second-order valence-electron chi connectivity index (χ2n) is 6.12. The first-order valence-electron chi connectivity index (χ1n) is 8.07. The number of halogens is 1. The van der Waals surface area contributed by atoms with Gasteiger partial charge in [0.15, 0.2) is 0 Å². The van der Waals surface area contributed by atoms with Gasteiger partial charge in [-0.05, 0) is 40.5 Å². The fourth-order valence-electron chi connectivity index (χ4n) is 3.05. The summed E-state index contributed by atoms with van der Waals surface area (Å²) in [5.74, 6) is -0.301. The molecule has 2 heterocycles. The van der Waals surface area contributed by atoms with Gasteiger partial charge in [-0.25, -0.2) is 14.1 Å². The third-order valence-electron chi connectivity index (χ3n) is 4.39. The minimum atomic E-state index is -0.264. The number of hydrogen-bond acceptors (Lipinski definition) is 4. The largest absolute Gasteiger partial charge is 0.332 e. The molecule has 2 aromatic carbocycles. The molecule has 1 aliphatic heterocycles. The van der Waals surface area contributed by atoms with E-state index >= 15 is 0 Å². The summed E-state index contributed by atoms with van der Waals surface area (Å²) in [5.41, 5.74) is 4.11. The predicted octanol–water partition coefficient (Wildman–Crippen LogP) is 2.50. The first kappa shape index (κ1) is 16.0. The molecule has 1 amide bonds. The fraction of sp³-hybridized carbons (Fsp3) is 0.158. The van der Waals surface area contributed by atoms with E-state index in [1.54, 1.807) is 17.0 Å². The van der Waals surface area contributed by atoms with Crippen molar-refractivity contribution in [3.63, 3.8) is 0 Å². The monoisotopic (exact) mass is 347 g/mol. The van der Waals surface area contributed by atoms with Crippen LogP contribution in [0.4, 0.5) is 4.39 Å². The van der Waals surface area contributed by atoms with Crippen molar-refractivity contribution in [1.29, 1.82) is 5.26 Å². The summed E-state index contributed by atoms with van der Waals surface area (Å²) >= 11 is 0. The summed E-state index contributed by atoms with van der Waals surface area (Å²) in [7, 11) is 0. The normalized spacial score (nSPS) is 12.7. The van der Waals surface area contributed by atoms with E-state index in [1.165, 1.54) is 23.1 Å². The van der Waals surface area contributed by atoms with Crippen LogP contribution in [-0.2, 0) is 24.4 Å². The standard InChI is InChI=1S/C19H14FN5O/c20-17-5-3-13(4-6-17)14-1-2-15-9-24(10-16(15)7-14)19(26)11-25-12-22-18(8-21)23-25/h1-7,12H,9-11H2. The zero-order chi connectivity index (χ0) is 18.1. The Morgan fingerprint density at radius 3 is 2.58 bits per heavy atom. The van der Waals surface area contributed by atoms with Crippen molar-refractivity contribution in [2.24, 2.45) is 0 Å². The van der Waals surface area contributed by atoms with Gasteiger partial charge in [-0.2, -0.15) is 5.26 Å². The van der Waals surface area contributed by atoms with Gasteiger partial charge in [0, 0.05) is 13.1 Å². The molecule has 0 fully saturated rings. The van der Waals surface area contributed by atoms with Crippen LogP contribution in [0.25, 0.3) is 11.1 Å². The number of nitrogens with zero attached hydrogens (tertiary/aromatic N) is 5. The molecule has 0 unspecified atom stereocenters. The van der Waals surface area contributed by atoms with Gasteiger partial charge < -0.3 is 4.90 Å². The maximum Gasteiger partial charge on any atom is 0.252 e. The maximum atomic E-state index is 13.1. The topological polar surface area (TPSA) is 74.8 Å². The molecule has 0 spiro atoms. The Balaban J connectivity index is 1.49. The van der Waals surface area contributed by atoms with E-state index in [9.17, 15) is 9.18 Å². The highest BCUT2D eigenvalue weighted by atomic mass is 19.1. The molecule has 0 radical (unpaired) electrons. The van der Waals surface area contributed by atoms with Gasteiger partial charge in [-0.3, -0.25) is 4.79 Å². The minimum Gasteiger partial charge on any atom is -0.332 e. The summed E-state index contributed by atoms with van der Waals surface area (Å²) in [6.45, 7) is 1.11. The van der Waals surface area contributed by atoms with Crippen molar-refractivity contribution in [1.82, 2.24) is 19.7 Å². The Kier molecular flexibility index (Phi) is 3.93. The average molecular weight is 347 g/mol. The molecule has 1 aliphatic rings. The summed E-state index contributed by atoms with van der Waals surface area (Å²) in [5, 5.41) is 12.7. The van der Waals surface area contributed by atoms with Crippen LogP contribution in [0.5, 0.6) is 0 Å². The molecule has 4 rings (SSSR count). The van der Waals surface area contributed by atoms with Crippen LogP contribution in [0.15, 0.2) is 48.8 Å². The SMILES string of the molecule is N#Cc1ncn(CC(=O)N2Cc3ccc(-c4ccc(F)cc4)cc3C2)n1. The highest BCUT2D eigenvalue weighted by molar-refractivity contribution is 5.77. The fourth-order valence-corrected chi connectivity index (χ4v) is 3.05. The Morgan fingerprint density at radius 1 is 1.12 bits per heavy atom. The number of nitriles is 1. The van der Waals surface area contributed by atoms with Crippen LogP contribution >= 0.6 is 0 Å². The Hall–Kier alpha value is -3.53. The van der Waals surface area contributed by atoms with Crippen LogP contribution in [0, 0.1) is 17.1 Å². The Bertz CT molecular complexity index is 1020. The molecule has 3 aromatic rings. The summed E-state index contributed by atoms with van der Waals surface area (Å²) in [6, 6.07) is 14.2. The van der Waals surface area contributed by atoms with Crippen LogP contribution in [0.2, 0.25) is 0 Å². The smallest absolute Gasteiger partial charge is 0.252 e. The third kappa shape index (κ3) is 3.05. The minimum absolute atomic E-state index is 0.0476. The lowest BCUT2D eigenvalue weighted by molar-refractivity contribution is -0.132. The lowest BCUT2D eigenvalue weighted by Gasteiger charge is -2.14.